The summed E-state index contributed by atoms with van der Waals surface area (Å²) in [5, 5.41) is 9.68. The van der Waals surface area contributed by atoms with Crippen LogP contribution in [-0.2, 0) is 4.79 Å². The molecule has 128 valence electrons. The van der Waals surface area contributed by atoms with Crippen LogP contribution in [0.3, 0.4) is 0 Å². The van der Waals surface area contributed by atoms with Gasteiger partial charge in [0.05, 0.1) is 0 Å². The molecular weight excluding hydrogens is 328 g/mol. The summed E-state index contributed by atoms with van der Waals surface area (Å²) in [6.07, 6.45) is -0.905. The van der Waals surface area contributed by atoms with E-state index in [4.69, 9.17) is 26.2 Å². The maximum Gasteiger partial charge on any atom is 0.344 e. The first-order valence-electron chi connectivity index (χ1n) is 7.64. The van der Waals surface area contributed by atoms with Gasteiger partial charge in [-0.2, -0.15) is 0 Å². The van der Waals surface area contributed by atoms with Gasteiger partial charge in [0.1, 0.15) is 17.2 Å². The molecule has 4 nitrogen and oxygen atoms in total. The van der Waals surface area contributed by atoms with Gasteiger partial charge in [-0.05, 0) is 81.1 Å². The number of aryl methyl sites for hydroxylation is 4. The molecule has 1 N–H and O–H groups in total. The van der Waals surface area contributed by atoms with Gasteiger partial charge < -0.3 is 14.6 Å². The number of carboxylic acids is 1. The molecule has 0 heterocycles. The lowest BCUT2D eigenvalue weighted by molar-refractivity contribution is -0.144. The highest BCUT2D eigenvalue weighted by atomic mass is 35.5. The molecule has 0 amide bonds. The largest absolute Gasteiger partial charge is 0.479 e. The fraction of sp³-hybridized carbons (Fsp3) is 0.316. The minimum absolute atomic E-state index is 0.510. The summed E-state index contributed by atoms with van der Waals surface area (Å²) >= 11 is 6.19. The van der Waals surface area contributed by atoms with Crippen LogP contribution in [-0.4, -0.2) is 17.2 Å². The molecule has 0 aliphatic carbocycles. The highest BCUT2D eigenvalue weighted by Gasteiger charge is 2.15. The summed E-state index contributed by atoms with van der Waals surface area (Å²) in [5.74, 6) is 0.952. The molecule has 0 saturated carbocycles. The number of hydrogen-bond donors (Lipinski definition) is 1. The Morgan fingerprint density at radius 3 is 1.88 bits per heavy atom. The van der Waals surface area contributed by atoms with Gasteiger partial charge >= 0.3 is 5.97 Å². The van der Waals surface area contributed by atoms with E-state index < -0.39 is 12.1 Å². The maximum atomic E-state index is 10.9. The van der Waals surface area contributed by atoms with Crippen LogP contribution in [0.5, 0.6) is 17.2 Å². The van der Waals surface area contributed by atoms with Crippen LogP contribution in [0.2, 0.25) is 5.02 Å². The van der Waals surface area contributed by atoms with Gasteiger partial charge in [-0.1, -0.05) is 11.6 Å². The summed E-state index contributed by atoms with van der Waals surface area (Å²) in [6, 6.07) is 7.34. The number of ether oxygens (including phenoxy) is 2. The molecule has 0 aromatic heterocycles. The summed E-state index contributed by atoms with van der Waals surface area (Å²) in [5.41, 5.74) is 3.65. The maximum absolute atomic E-state index is 10.9. The second-order valence-corrected chi connectivity index (χ2v) is 6.34. The fourth-order valence-electron chi connectivity index (χ4n) is 2.48. The third-order valence-corrected chi connectivity index (χ3v) is 4.32. The molecule has 0 radical (unpaired) electrons. The SMILES string of the molecule is Cc1cc(Oc2c(C)cc(OC(C)C(=O)O)cc2C)cc(C)c1Cl. The van der Waals surface area contributed by atoms with Crippen LogP contribution in [0.4, 0.5) is 0 Å². The van der Waals surface area contributed by atoms with Crippen molar-refractivity contribution in [3.8, 4) is 17.2 Å². The molecule has 0 aliphatic rings. The fourth-order valence-corrected chi connectivity index (χ4v) is 2.59. The van der Waals surface area contributed by atoms with Gasteiger partial charge in [-0.3, -0.25) is 0 Å². The molecule has 24 heavy (non-hydrogen) atoms. The standard InChI is InChI=1S/C19H21ClO4/c1-10-6-16(7-11(2)17(10)20)24-18-12(3)8-15(9-13(18)4)23-14(5)19(21)22/h6-9,14H,1-5H3,(H,21,22). The van der Waals surface area contributed by atoms with Gasteiger partial charge in [0, 0.05) is 5.02 Å². The van der Waals surface area contributed by atoms with E-state index in [2.05, 4.69) is 0 Å². The molecule has 0 aliphatic heterocycles. The lowest BCUT2D eigenvalue weighted by Gasteiger charge is -2.17. The molecule has 2 aromatic carbocycles. The van der Waals surface area contributed by atoms with Crippen molar-refractivity contribution < 1.29 is 19.4 Å². The smallest absolute Gasteiger partial charge is 0.344 e. The number of carbonyl (C=O) groups is 1. The van der Waals surface area contributed by atoms with Crippen LogP contribution in [0.1, 0.15) is 29.2 Å². The number of hydrogen-bond acceptors (Lipinski definition) is 3. The lowest BCUT2D eigenvalue weighted by atomic mass is 10.1. The average Bonchev–Trinajstić information content (AvgIpc) is 2.48. The van der Waals surface area contributed by atoms with Crippen LogP contribution < -0.4 is 9.47 Å². The summed E-state index contributed by atoms with van der Waals surface area (Å²) in [7, 11) is 0. The summed E-state index contributed by atoms with van der Waals surface area (Å²) < 4.78 is 11.5. The first kappa shape index (κ1) is 18.1. The van der Waals surface area contributed by atoms with Gasteiger partial charge in [-0.15, -0.1) is 0 Å². The molecule has 5 heteroatoms. The highest BCUT2D eigenvalue weighted by Crippen LogP contribution is 2.34. The molecule has 0 fully saturated rings. The average molecular weight is 349 g/mol. The topological polar surface area (TPSA) is 55.8 Å². The van der Waals surface area contributed by atoms with Crippen molar-refractivity contribution in [1.29, 1.82) is 0 Å². The van der Waals surface area contributed by atoms with E-state index in [9.17, 15) is 4.79 Å². The molecular formula is C19H21ClO4. The van der Waals surface area contributed by atoms with Crippen molar-refractivity contribution in [2.24, 2.45) is 0 Å². The van der Waals surface area contributed by atoms with Crippen LogP contribution in [0.25, 0.3) is 0 Å². The van der Waals surface area contributed by atoms with Crippen molar-refractivity contribution in [3.63, 3.8) is 0 Å². The van der Waals surface area contributed by atoms with E-state index in [0.717, 1.165) is 33.0 Å². The molecule has 2 rings (SSSR count). The van der Waals surface area contributed by atoms with Crippen LogP contribution in [0.15, 0.2) is 24.3 Å². The second kappa shape index (κ2) is 7.14. The van der Waals surface area contributed by atoms with Gasteiger partial charge in [0.15, 0.2) is 6.10 Å². The van der Waals surface area contributed by atoms with Crippen molar-refractivity contribution in [1.82, 2.24) is 0 Å². The number of halogens is 1. The Balaban J connectivity index is 2.30. The second-order valence-electron chi connectivity index (χ2n) is 5.96. The lowest BCUT2D eigenvalue weighted by Crippen LogP contribution is -2.22. The summed E-state index contributed by atoms with van der Waals surface area (Å²) in [6.45, 7) is 9.17. The van der Waals surface area contributed by atoms with Crippen LogP contribution >= 0.6 is 11.6 Å². The Labute approximate surface area is 147 Å². The van der Waals surface area contributed by atoms with E-state index in [1.165, 1.54) is 6.92 Å². The number of aliphatic carboxylic acids is 1. The van der Waals surface area contributed by atoms with E-state index >= 15 is 0 Å². The number of benzene rings is 2. The monoisotopic (exact) mass is 348 g/mol. The molecule has 0 bridgehead atoms. The predicted octanol–water partition coefficient (Wildman–Crippen LogP) is 5.22. The van der Waals surface area contributed by atoms with E-state index in [-0.39, 0.29) is 0 Å². The highest BCUT2D eigenvalue weighted by molar-refractivity contribution is 6.32. The Morgan fingerprint density at radius 1 is 0.958 bits per heavy atom. The van der Waals surface area contributed by atoms with Crippen molar-refractivity contribution in [2.45, 2.75) is 40.7 Å². The van der Waals surface area contributed by atoms with Gasteiger partial charge in [-0.25, -0.2) is 4.79 Å². The Morgan fingerprint density at radius 2 is 1.42 bits per heavy atom. The van der Waals surface area contributed by atoms with Crippen LogP contribution in [0, 0.1) is 27.7 Å². The van der Waals surface area contributed by atoms with Crippen molar-refractivity contribution >= 4 is 17.6 Å². The van der Waals surface area contributed by atoms with Gasteiger partial charge in [0.25, 0.3) is 0 Å². The van der Waals surface area contributed by atoms with Crippen molar-refractivity contribution in [3.05, 3.63) is 51.5 Å². The summed E-state index contributed by atoms with van der Waals surface area (Å²) in [4.78, 5) is 10.9. The number of rotatable bonds is 5. The first-order chi connectivity index (χ1) is 11.2. The molecule has 0 spiro atoms. The minimum Gasteiger partial charge on any atom is -0.479 e. The predicted molar refractivity (Wildman–Crippen MR) is 94.6 cm³/mol. The third kappa shape index (κ3) is 4.01. The Kier molecular flexibility index (Phi) is 5.40. The zero-order valence-electron chi connectivity index (χ0n) is 14.4. The Hall–Kier alpha value is -2.20. The van der Waals surface area contributed by atoms with Crippen molar-refractivity contribution in [2.75, 3.05) is 0 Å². The normalized spacial score (nSPS) is 11.9. The quantitative estimate of drug-likeness (QED) is 0.805. The van der Waals surface area contributed by atoms with E-state index in [0.29, 0.717) is 11.5 Å². The number of carboxylic acid groups (broad SMARTS) is 1. The molecule has 1 unspecified atom stereocenters. The van der Waals surface area contributed by atoms with E-state index in [1.54, 1.807) is 12.1 Å². The first-order valence-corrected chi connectivity index (χ1v) is 8.02. The minimum atomic E-state index is -1.00. The zero-order chi connectivity index (χ0) is 18.0. The van der Waals surface area contributed by atoms with E-state index in [1.807, 2.05) is 39.8 Å². The zero-order valence-corrected chi connectivity index (χ0v) is 15.2. The molecule has 0 saturated heterocycles. The Bertz CT molecular complexity index is 737. The molecule has 2 aromatic rings. The van der Waals surface area contributed by atoms with Gasteiger partial charge in [0.2, 0.25) is 0 Å². The third-order valence-electron chi connectivity index (χ3n) is 3.72. The molecule has 1 atom stereocenters.